The van der Waals surface area contributed by atoms with Crippen molar-refractivity contribution < 1.29 is 24.5 Å². The summed E-state index contributed by atoms with van der Waals surface area (Å²) in [6, 6.07) is 15.5. The first-order chi connectivity index (χ1) is 16.4. The first-order valence-electron chi connectivity index (χ1n) is 10.5. The van der Waals surface area contributed by atoms with Crippen molar-refractivity contribution in [1.82, 2.24) is 9.88 Å². The lowest BCUT2D eigenvalue weighted by Crippen LogP contribution is -2.24. The number of allylic oxidation sites excluding steroid dienone is 1. The number of nitrogens with one attached hydrogen (secondary N) is 2. The molecular weight excluding hydrogens is 434 g/mol. The summed E-state index contributed by atoms with van der Waals surface area (Å²) in [5.41, 5.74) is 4.30. The van der Waals surface area contributed by atoms with Gasteiger partial charge in [-0.15, -0.1) is 0 Å². The molecule has 0 unspecified atom stereocenters. The summed E-state index contributed by atoms with van der Waals surface area (Å²) in [4.78, 5) is 24.5. The number of carbonyl (C=O) groups is 2. The lowest BCUT2D eigenvalue weighted by atomic mass is 9.98. The van der Waals surface area contributed by atoms with Crippen LogP contribution in [0, 0.1) is 0 Å². The number of Topliss-reactive ketones (excluding diaryl/α,β-unsaturated/α-hetero) is 1. The number of rotatable bonds is 3. The number of ketones is 1. The number of aromatic nitrogens is 1. The third-order valence-electron chi connectivity index (χ3n) is 5.75. The minimum atomic E-state index is -0.452. The van der Waals surface area contributed by atoms with Gasteiger partial charge in [0.2, 0.25) is 5.78 Å². The molecule has 8 nitrogen and oxygen atoms in total. The number of phenols is 2. The third-order valence-corrected chi connectivity index (χ3v) is 5.75. The molecule has 0 atom stereocenters. The Labute approximate surface area is 194 Å². The largest absolute Gasteiger partial charge is 0.508 e. The number of aryl methyl sites for hydroxylation is 1. The Bertz CT molecular complexity index is 1500. The van der Waals surface area contributed by atoms with E-state index in [1.165, 1.54) is 6.07 Å². The van der Waals surface area contributed by atoms with Crippen LogP contribution in [0.2, 0.25) is 0 Å². The highest BCUT2D eigenvalue weighted by Crippen LogP contribution is 2.41. The summed E-state index contributed by atoms with van der Waals surface area (Å²) >= 11 is 0. The summed E-state index contributed by atoms with van der Waals surface area (Å²) in [6.07, 6.45) is 3.55. The number of urea groups is 1. The number of amides is 2. The molecule has 0 radical (unpaired) electrons. The Kier molecular flexibility index (Phi) is 4.98. The van der Waals surface area contributed by atoms with Crippen LogP contribution < -0.4 is 15.4 Å². The van der Waals surface area contributed by atoms with Gasteiger partial charge in [0.25, 0.3) is 0 Å². The molecule has 0 spiro atoms. The van der Waals surface area contributed by atoms with Gasteiger partial charge in [-0.05, 0) is 35.4 Å². The fraction of sp³-hybridized carbons (Fsp3) is 0.0769. The SMILES string of the molecule is CNC(=O)Nc1ccc(-c2cccc3c2c(C=C2Oc4cc(O)cc(O)c4C2=O)cn3C)cc1. The average molecular weight is 455 g/mol. The van der Waals surface area contributed by atoms with Crippen molar-refractivity contribution in [2.45, 2.75) is 0 Å². The van der Waals surface area contributed by atoms with Crippen LogP contribution in [0.4, 0.5) is 10.5 Å². The minimum Gasteiger partial charge on any atom is -0.508 e. The van der Waals surface area contributed by atoms with Crippen LogP contribution in [-0.2, 0) is 7.05 Å². The van der Waals surface area contributed by atoms with E-state index in [0.717, 1.165) is 33.7 Å². The minimum absolute atomic E-state index is 0.0312. The van der Waals surface area contributed by atoms with Crippen LogP contribution in [0.25, 0.3) is 28.1 Å². The number of aromatic hydroxyl groups is 2. The first-order valence-corrected chi connectivity index (χ1v) is 10.5. The van der Waals surface area contributed by atoms with Gasteiger partial charge in [-0.3, -0.25) is 4.79 Å². The number of fused-ring (bicyclic) bond motifs is 2. The average Bonchev–Trinajstić information content (AvgIpc) is 3.30. The molecule has 0 bridgehead atoms. The van der Waals surface area contributed by atoms with E-state index in [1.54, 1.807) is 13.1 Å². The molecule has 4 aromatic rings. The molecule has 2 heterocycles. The highest BCUT2D eigenvalue weighted by molar-refractivity contribution is 6.17. The number of hydrogen-bond donors (Lipinski definition) is 4. The van der Waals surface area contributed by atoms with Gasteiger partial charge in [0, 0.05) is 54.6 Å². The fourth-order valence-electron chi connectivity index (χ4n) is 4.18. The summed E-state index contributed by atoms with van der Waals surface area (Å²) in [5, 5.41) is 26.0. The predicted octanol–water partition coefficient (Wildman–Crippen LogP) is 4.62. The van der Waals surface area contributed by atoms with E-state index in [1.807, 2.05) is 60.3 Å². The summed E-state index contributed by atoms with van der Waals surface area (Å²) in [7, 11) is 3.47. The van der Waals surface area contributed by atoms with E-state index in [0.29, 0.717) is 5.69 Å². The van der Waals surface area contributed by atoms with Crippen molar-refractivity contribution in [3.05, 3.63) is 77.7 Å². The van der Waals surface area contributed by atoms with Crippen LogP contribution in [0.3, 0.4) is 0 Å². The Balaban J connectivity index is 1.59. The lowest BCUT2D eigenvalue weighted by molar-refractivity contribution is 0.101. The highest BCUT2D eigenvalue weighted by atomic mass is 16.5. The van der Waals surface area contributed by atoms with E-state index in [4.69, 9.17) is 4.74 Å². The Morgan fingerprint density at radius 3 is 2.59 bits per heavy atom. The number of anilines is 1. The molecule has 2 amide bonds. The molecule has 0 saturated carbocycles. The summed E-state index contributed by atoms with van der Waals surface area (Å²) < 4.78 is 7.65. The van der Waals surface area contributed by atoms with Gasteiger partial charge in [-0.2, -0.15) is 0 Å². The molecular formula is C26H21N3O5. The Morgan fingerprint density at radius 2 is 1.85 bits per heavy atom. The van der Waals surface area contributed by atoms with E-state index in [2.05, 4.69) is 10.6 Å². The van der Waals surface area contributed by atoms with Gasteiger partial charge in [0.1, 0.15) is 22.8 Å². The molecule has 3 aromatic carbocycles. The number of carbonyl (C=O) groups excluding carboxylic acids is 2. The highest BCUT2D eigenvalue weighted by Gasteiger charge is 2.31. The molecule has 1 aliphatic heterocycles. The number of nitrogens with zero attached hydrogens (tertiary/aromatic N) is 1. The maximum atomic E-state index is 12.9. The Morgan fingerprint density at radius 1 is 1.09 bits per heavy atom. The first kappa shape index (κ1) is 21.1. The van der Waals surface area contributed by atoms with E-state index < -0.39 is 5.78 Å². The van der Waals surface area contributed by atoms with Crippen molar-refractivity contribution in [2.75, 3.05) is 12.4 Å². The molecule has 5 rings (SSSR count). The second kappa shape index (κ2) is 8.00. The van der Waals surface area contributed by atoms with Gasteiger partial charge in [-0.1, -0.05) is 24.3 Å². The molecule has 4 N–H and O–H groups in total. The zero-order valence-corrected chi connectivity index (χ0v) is 18.4. The van der Waals surface area contributed by atoms with Gasteiger partial charge in [-0.25, -0.2) is 4.79 Å². The van der Waals surface area contributed by atoms with Gasteiger partial charge in [0.05, 0.1) is 0 Å². The maximum absolute atomic E-state index is 12.9. The quantitative estimate of drug-likeness (QED) is 0.337. The van der Waals surface area contributed by atoms with Crippen LogP contribution in [0.15, 0.2) is 66.6 Å². The molecule has 1 aromatic heterocycles. The standard InChI is InChI=1S/C26H21N3O5/c1-27-26(33)28-16-8-6-14(7-9-16)18-4-3-5-19-23(18)15(13-29(19)2)10-22-25(32)24-20(31)11-17(30)12-21(24)34-22/h3-13,30-31H,1-2H3,(H2,27,28,33). The topological polar surface area (TPSA) is 113 Å². The summed E-state index contributed by atoms with van der Waals surface area (Å²) in [6.45, 7) is 0. The third kappa shape index (κ3) is 3.51. The molecule has 34 heavy (non-hydrogen) atoms. The number of phenolic OH excluding ortho intramolecular Hbond substituents is 2. The van der Waals surface area contributed by atoms with E-state index >= 15 is 0 Å². The molecule has 8 heteroatoms. The number of benzene rings is 3. The number of ether oxygens (including phenoxy) is 1. The van der Waals surface area contributed by atoms with Crippen molar-refractivity contribution in [1.29, 1.82) is 0 Å². The summed E-state index contributed by atoms with van der Waals surface area (Å²) in [5.74, 6) is -0.789. The van der Waals surface area contributed by atoms with Crippen LogP contribution >= 0.6 is 0 Å². The smallest absolute Gasteiger partial charge is 0.318 e. The van der Waals surface area contributed by atoms with Crippen LogP contribution in [0.5, 0.6) is 17.2 Å². The van der Waals surface area contributed by atoms with Gasteiger partial charge < -0.3 is 30.2 Å². The number of hydrogen-bond acceptors (Lipinski definition) is 5. The van der Waals surface area contributed by atoms with Gasteiger partial charge in [0.15, 0.2) is 5.76 Å². The second-order valence-electron chi connectivity index (χ2n) is 7.95. The predicted molar refractivity (Wildman–Crippen MR) is 129 cm³/mol. The zero-order valence-electron chi connectivity index (χ0n) is 18.4. The van der Waals surface area contributed by atoms with Crippen LogP contribution in [-0.4, -0.2) is 33.6 Å². The van der Waals surface area contributed by atoms with E-state index in [-0.39, 0.29) is 34.6 Å². The lowest BCUT2D eigenvalue weighted by Gasteiger charge is -2.09. The Hall–Kier alpha value is -4.72. The molecule has 0 aliphatic carbocycles. The van der Waals surface area contributed by atoms with E-state index in [9.17, 15) is 19.8 Å². The normalized spacial score (nSPS) is 13.7. The monoisotopic (exact) mass is 455 g/mol. The van der Waals surface area contributed by atoms with Crippen molar-refractivity contribution in [3.8, 4) is 28.4 Å². The van der Waals surface area contributed by atoms with Crippen molar-refractivity contribution in [3.63, 3.8) is 0 Å². The van der Waals surface area contributed by atoms with Crippen molar-refractivity contribution in [2.24, 2.45) is 7.05 Å². The maximum Gasteiger partial charge on any atom is 0.318 e. The second-order valence-corrected chi connectivity index (χ2v) is 7.95. The zero-order chi connectivity index (χ0) is 24.0. The van der Waals surface area contributed by atoms with Gasteiger partial charge >= 0.3 is 6.03 Å². The van der Waals surface area contributed by atoms with Crippen LogP contribution in [0.1, 0.15) is 15.9 Å². The molecule has 0 saturated heterocycles. The molecule has 0 fully saturated rings. The van der Waals surface area contributed by atoms with Crippen molar-refractivity contribution >= 4 is 34.5 Å². The molecule has 170 valence electrons. The fourth-order valence-corrected chi connectivity index (χ4v) is 4.18. The molecule has 1 aliphatic rings.